The third-order valence-electron chi connectivity index (χ3n) is 3.71. The van der Waals surface area contributed by atoms with Gasteiger partial charge in [-0.1, -0.05) is 32.0 Å². The van der Waals surface area contributed by atoms with Crippen molar-refractivity contribution in [2.24, 2.45) is 5.41 Å². The quantitative estimate of drug-likeness (QED) is 0.915. The Morgan fingerprint density at radius 2 is 1.67 bits per heavy atom. The van der Waals surface area contributed by atoms with Gasteiger partial charge in [0.1, 0.15) is 0 Å². The van der Waals surface area contributed by atoms with Crippen molar-refractivity contribution >= 4 is 10.0 Å². The van der Waals surface area contributed by atoms with Gasteiger partial charge in [0.25, 0.3) is 0 Å². The van der Waals surface area contributed by atoms with Crippen LogP contribution in [0.4, 0.5) is 0 Å². The molecule has 0 aromatic heterocycles. The van der Waals surface area contributed by atoms with Crippen LogP contribution in [0.15, 0.2) is 35.2 Å². The van der Waals surface area contributed by atoms with Crippen LogP contribution in [-0.2, 0) is 10.0 Å². The summed E-state index contributed by atoms with van der Waals surface area (Å²) in [5.74, 6) is 0. The van der Waals surface area contributed by atoms with Gasteiger partial charge in [0.05, 0.1) is 4.90 Å². The molecule has 0 saturated heterocycles. The van der Waals surface area contributed by atoms with Crippen molar-refractivity contribution in [3.8, 4) is 0 Å². The second-order valence-corrected chi connectivity index (χ2v) is 7.59. The minimum Gasteiger partial charge on any atom is -0.208 e. The average Bonchev–Trinajstić information content (AvgIpc) is 2.33. The summed E-state index contributed by atoms with van der Waals surface area (Å²) in [7, 11) is -3.35. The first kappa shape index (κ1) is 13.6. The van der Waals surface area contributed by atoms with Crippen LogP contribution in [0.1, 0.15) is 39.5 Å². The Kier molecular flexibility index (Phi) is 3.78. The maximum atomic E-state index is 12.2. The summed E-state index contributed by atoms with van der Waals surface area (Å²) in [5.41, 5.74) is 0.356. The zero-order valence-corrected chi connectivity index (χ0v) is 11.8. The van der Waals surface area contributed by atoms with Crippen LogP contribution >= 0.6 is 0 Å². The van der Waals surface area contributed by atoms with E-state index in [-0.39, 0.29) is 6.04 Å². The van der Waals surface area contributed by atoms with Gasteiger partial charge in [0.15, 0.2) is 0 Å². The van der Waals surface area contributed by atoms with E-state index in [9.17, 15) is 8.42 Å². The number of sulfonamides is 1. The first-order chi connectivity index (χ1) is 8.39. The molecule has 2 rings (SSSR count). The molecular formula is C14H21NO2S. The van der Waals surface area contributed by atoms with Crippen molar-refractivity contribution in [1.29, 1.82) is 0 Å². The van der Waals surface area contributed by atoms with Crippen LogP contribution in [0, 0.1) is 5.41 Å². The lowest BCUT2D eigenvalue weighted by Crippen LogP contribution is -2.39. The lowest BCUT2D eigenvalue weighted by atomic mass is 9.76. The molecule has 0 amide bonds. The van der Waals surface area contributed by atoms with E-state index in [0.717, 1.165) is 25.7 Å². The summed E-state index contributed by atoms with van der Waals surface area (Å²) in [4.78, 5) is 0.356. The highest BCUT2D eigenvalue weighted by Gasteiger charge is 2.29. The van der Waals surface area contributed by atoms with E-state index < -0.39 is 10.0 Å². The first-order valence-electron chi connectivity index (χ1n) is 6.46. The molecule has 100 valence electrons. The summed E-state index contributed by atoms with van der Waals surface area (Å²) in [6.07, 6.45) is 4.02. The fourth-order valence-corrected chi connectivity index (χ4v) is 3.73. The molecule has 0 bridgehead atoms. The molecule has 18 heavy (non-hydrogen) atoms. The molecule has 0 aliphatic heterocycles. The Morgan fingerprint density at radius 1 is 1.11 bits per heavy atom. The van der Waals surface area contributed by atoms with Gasteiger partial charge in [-0.2, -0.15) is 0 Å². The van der Waals surface area contributed by atoms with E-state index in [1.807, 2.05) is 6.07 Å². The van der Waals surface area contributed by atoms with E-state index in [2.05, 4.69) is 18.6 Å². The topological polar surface area (TPSA) is 46.2 Å². The predicted octanol–water partition coefficient (Wildman–Crippen LogP) is 2.93. The van der Waals surface area contributed by atoms with Gasteiger partial charge < -0.3 is 0 Å². The minimum absolute atomic E-state index is 0.0863. The predicted molar refractivity (Wildman–Crippen MR) is 72.8 cm³/mol. The molecular weight excluding hydrogens is 246 g/mol. The Bertz CT molecular complexity index is 484. The van der Waals surface area contributed by atoms with Gasteiger partial charge in [0, 0.05) is 6.04 Å². The third kappa shape index (κ3) is 3.33. The maximum absolute atomic E-state index is 12.2. The molecule has 1 aliphatic carbocycles. The summed E-state index contributed by atoms with van der Waals surface area (Å²) < 4.78 is 27.1. The van der Waals surface area contributed by atoms with E-state index in [0.29, 0.717) is 10.3 Å². The van der Waals surface area contributed by atoms with Crippen molar-refractivity contribution in [3.63, 3.8) is 0 Å². The molecule has 0 radical (unpaired) electrons. The van der Waals surface area contributed by atoms with Crippen molar-refractivity contribution < 1.29 is 8.42 Å². The van der Waals surface area contributed by atoms with Gasteiger partial charge in [-0.25, -0.2) is 13.1 Å². The smallest absolute Gasteiger partial charge is 0.208 e. The lowest BCUT2D eigenvalue weighted by molar-refractivity contribution is 0.218. The van der Waals surface area contributed by atoms with Crippen molar-refractivity contribution in [2.45, 2.75) is 50.5 Å². The molecule has 1 N–H and O–H groups in total. The van der Waals surface area contributed by atoms with Gasteiger partial charge in [-0.15, -0.1) is 0 Å². The zero-order valence-electron chi connectivity index (χ0n) is 11.0. The molecule has 0 atom stereocenters. The first-order valence-corrected chi connectivity index (χ1v) is 7.95. The molecule has 1 fully saturated rings. The molecule has 1 aromatic rings. The van der Waals surface area contributed by atoms with Crippen LogP contribution in [-0.4, -0.2) is 14.5 Å². The van der Waals surface area contributed by atoms with Gasteiger partial charge in [-0.05, 0) is 43.2 Å². The molecule has 1 aliphatic rings. The number of hydrogen-bond acceptors (Lipinski definition) is 2. The number of nitrogens with one attached hydrogen (secondary N) is 1. The van der Waals surface area contributed by atoms with Gasteiger partial charge >= 0.3 is 0 Å². The van der Waals surface area contributed by atoms with Gasteiger partial charge in [0.2, 0.25) is 10.0 Å². The highest BCUT2D eigenvalue weighted by Crippen LogP contribution is 2.35. The monoisotopic (exact) mass is 267 g/mol. The number of hydrogen-bond donors (Lipinski definition) is 1. The molecule has 0 unspecified atom stereocenters. The molecule has 3 nitrogen and oxygen atoms in total. The fourth-order valence-electron chi connectivity index (χ4n) is 2.40. The fraction of sp³-hybridized carbons (Fsp3) is 0.571. The van der Waals surface area contributed by atoms with Crippen LogP contribution in [0.2, 0.25) is 0 Å². The average molecular weight is 267 g/mol. The Morgan fingerprint density at radius 3 is 2.22 bits per heavy atom. The normalized spacial score (nSPS) is 20.8. The van der Waals surface area contributed by atoms with Crippen LogP contribution in [0.3, 0.4) is 0 Å². The highest BCUT2D eigenvalue weighted by molar-refractivity contribution is 7.89. The third-order valence-corrected chi connectivity index (χ3v) is 5.25. The van der Waals surface area contributed by atoms with Crippen molar-refractivity contribution in [3.05, 3.63) is 30.3 Å². The van der Waals surface area contributed by atoms with Crippen LogP contribution in [0.5, 0.6) is 0 Å². The van der Waals surface area contributed by atoms with Crippen LogP contribution in [0.25, 0.3) is 0 Å². The Labute approximate surface area is 110 Å². The van der Waals surface area contributed by atoms with Gasteiger partial charge in [-0.3, -0.25) is 0 Å². The number of benzene rings is 1. The molecule has 1 saturated carbocycles. The van der Waals surface area contributed by atoms with E-state index >= 15 is 0 Å². The maximum Gasteiger partial charge on any atom is 0.240 e. The van der Waals surface area contributed by atoms with E-state index in [4.69, 9.17) is 0 Å². The lowest BCUT2D eigenvalue weighted by Gasteiger charge is -2.34. The van der Waals surface area contributed by atoms with E-state index in [1.165, 1.54) is 0 Å². The molecule has 4 heteroatoms. The van der Waals surface area contributed by atoms with Crippen LogP contribution < -0.4 is 4.72 Å². The van der Waals surface area contributed by atoms with E-state index in [1.54, 1.807) is 24.3 Å². The largest absolute Gasteiger partial charge is 0.240 e. The van der Waals surface area contributed by atoms with Crippen molar-refractivity contribution in [1.82, 2.24) is 4.72 Å². The zero-order chi connectivity index (χ0) is 13.2. The Hall–Kier alpha value is -0.870. The van der Waals surface area contributed by atoms with Crippen molar-refractivity contribution in [2.75, 3.05) is 0 Å². The highest BCUT2D eigenvalue weighted by atomic mass is 32.2. The summed E-state index contributed by atoms with van der Waals surface area (Å²) in [6, 6.07) is 8.67. The SMILES string of the molecule is CC1(C)CCC(NS(=O)(=O)c2ccccc2)CC1. The molecule has 1 aromatic carbocycles. The number of rotatable bonds is 3. The summed E-state index contributed by atoms with van der Waals surface area (Å²) in [5, 5.41) is 0. The minimum atomic E-state index is -3.35. The second kappa shape index (κ2) is 5.02. The summed E-state index contributed by atoms with van der Waals surface area (Å²) >= 11 is 0. The second-order valence-electron chi connectivity index (χ2n) is 5.87. The Balaban J connectivity index is 2.02. The standard InChI is InChI=1S/C14H21NO2S/c1-14(2)10-8-12(9-11-14)15-18(16,17)13-6-4-3-5-7-13/h3-7,12,15H,8-11H2,1-2H3. The summed E-state index contributed by atoms with van der Waals surface area (Å²) in [6.45, 7) is 4.49. The molecule has 0 heterocycles. The molecule has 0 spiro atoms.